The fourth-order valence-electron chi connectivity index (χ4n) is 2.76. The number of hydrogen-bond donors (Lipinski definition) is 2. The molecule has 6 heteroatoms. The van der Waals surface area contributed by atoms with E-state index in [1.54, 1.807) is 0 Å². The molecular formula is C12H19F3N2O. The van der Waals surface area contributed by atoms with Crippen LogP contribution in [0.25, 0.3) is 0 Å². The highest BCUT2D eigenvalue weighted by Crippen LogP contribution is 2.37. The minimum absolute atomic E-state index is 0.00420. The molecule has 1 saturated carbocycles. The smallest absolute Gasteiger partial charge is 0.353 e. The van der Waals surface area contributed by atoms with Gasteiger partial charge < -0.3 is 10.6 Å². The molecule has 1 heterocycles. The molecule has 0 radical (unpaired) electrons. The number of rotatable bonds is 2. The molecule has 2 rings (SSSR count). The second-order valence-corrected chi connectivity index (χ2v) is 5.29. The van der Waals surface area contributed by atoms with Gasteiger partial charge in [0.2, 0.25) is 5.91 Å². The largest absolute Gasteiger partial charge is 0.391 e. The minimum Gasteiger partial charge on any atom is -0.353 e. The molecule has 1 atom stereocenters. The number of carbonyl (C=O) groups excluding carboxylic acids is 1. The Bertz CT molecular complexity index is 292. The van der Waals surface area contributed by atoms with Crippen LogP contribution in [0, 0.1) is 11.8 Å². The predicted molar refractivity (Wildman–Crippen MR) is 60.9 cm³/mol. The Morgan fingerprint density at radius 2 is 1.78 bits per heavy atom. The highest BCUT2D eigenvalue weighted by Gasteiger charge is 2.41. The number of halogens is 3. The zero-order valence-electron chi connectivity index (χ0n) is 10.2. The molecule has 18 heavy (non-hydrogen) atoms. The molecule has 0 aromatic carbocycles. The number of amides is 1. The number of nitrogens with one attached hydrogen (secondary N) is 2. The van der Waals surface area contributed by atoms with E-state index in [4.69, 9.17) is 0 Å². The molecule has 2 fully saturated rings. The first-order valence-electron chi connectivity index (χ1n) is 6.54. The third-order valence-corrected chi connectivity index (χ3v) is 3.97. The van der Waals surface area contributed by atoms with E-state index in [1.807, 2.05) is 0 Å². The third kappa shape index (κ3) is 3.37. The minimum atomic E-state index is -4.08. The molecule has 2 aliphatic rings. The Morgan fingerprint density at radius 1 is 1.11 bits per heavy atom. The van der Waals surface area contributed by atoms with Gasteiger partial charge in [-0.05, 0) is 38.6 Å². The van der Waals surface area contributed by atoms with E-state index in [0.717, 1.165) is 13.0 Å². The van der Waals surface area contributed by atoms with Crippen LogP contribution >= 0.6 is 0 Å². The van der Waals surface area contributed by atoms with E-state index >= 15 is 0 Å². The monoisotopic (exact) mass is 264 g/mol. The Morgan fingerprint density at radius 3 is 2.28 bits per heavy atom. The average Bonchev–Trinajstić information content (AvgIpc) is 2.82. The molecule has 2 N–H and O–H groups in total. The molecule has 3 nitrogen and oxygen atoms in total. The quantitative estimate of drug-likeness (QED) is 0.799. The van der Waals surface area contributed by atoms with E-state index in [2.05, 4.69) is 10.6 Å². The van der Waals surface area contributed by atoms with Crippen molar-refractivity contribution in [2.45, 2.75) is 44.3 Å². The molecule has 1 aliphatic heterocycles. The lowest BCUT2D eigenvalue weighted by molar-refractivity contribution is -0.182. The van der Waals surface area contributed by atoms with E-state index in [1.165, 1.54) is 0 Å². The van der Waals surface area contributed by atoms with Crippen LogP contribution in [0.4, 0.5) is 13.2 Å². The van der Waals surface area contributed by atoms with Gasteiger partial charge in [-0.1, -0.05) is 0 Å². The molecule has 0 spiro atoms. The summed E-state index contributed by atoms with van der Waals surface area (Å²) in [6, 6.07) is -0.0725. The van der Waals surface area contributed by atoms with Crippen LogP contribution in [0.15, 0.2) is 0 Å². The topological polar surface area (TPSA) is 41.1 Å². The molecule has 1 aliphatic carbocycles. The fourth-order valence-corrected chi connectivity index (χ4v) is 2.76. The lowest BCUT2D eigenvalue weighted by atomic mass is 9.85. The fraction of sp³-hybridized carbons (Fsp3) is 0.917. The van der Waals surface area contributed by atoms with E-state index in [9.17, 15) is 18.0 Å². The summed E-state index contributed by atoms with van der Waals surface area (Å²) < 4.78 is 37.4. The third-order valence-electron chi connectivity index (χ3n) is 3.97. The summed E-state index contributed by atoms with van der Waals surface area (Å²) in [6.45, 7) is 1.53. The van der Waals surface area contributed by atoms with Crippen LogP contribution in [0.3, 0.4) is 0 Å². The maximum atomic E-state index is 12.5. The summed E-state index contributed by atoms with van der Waals surface area (Å²) in [5, 5.41) is 5.99. The summed E-state index contributed by atoms with van der Waals surface area (Å²) in [7, 11) is 0. The molecule has 0 aromatic heterocycles. The summed E-state index contributed by atoms with van der Waals surface area (Å²) >= 11 is 0. The van der Waals surface area contributed by atoms with E-state index in [-0.39, 0.29) is 30.7 Å². The van der Waals surface area contributed by atoms with Crippen LogP contribution in [-0.4, -0.2) is 31.2 Å². The van der Waals surface area contributed by atoms with Gasteiger partial charge in [-0.25, -0.2) is 0 Å². The van der Waals surface area contributed by atoms with Gasteiger partial charge >= 0.3 is 6.18 Å². The standard InChI is InChI=1S/C12H19F3N2O/c13-12(14,15)9-1-3-10(4-2-9)17-11(18)8-5-6-16-7-8/h8-10,16H,1-7H2,(H,17,18). The van der Waals surface area contributed by atoms with Crippen molar-refractivity contribution in [2.75, 3.05) is 13.1 Å². The summed E-state index contributed by atoms with van der Waals surface area (Å²) in [6.07, 6.45) is -2.10. The van der Waals surface area contributed by atoms with Crippen molar-refractivity contribution in [3.05, 3.63) is 0 Å². The number of alkyl halides is 3. The van der Waals surface area contributed by atoms with Gasteiger partial charge in [0.25, 0.3) is 0 Å². The normalized spacial score (nSPS) is 33.4. The second-order valence-electron chi connectivity index (χ2n) is 5.29. The molecule has 0 aromatic rings. The van der Waals surface area contributed by atoms with Crippen LogP contribution in [-0.2, 0) is 4.79 Å². The first-order valence-corrected chi connectivity index (χ1v) is 6.54. The molecule has 104 valence electrons. The second kappa shape index (κ2) is 5.47. The van der Waals surface area contributed by atoms with Gasteiger partial charge in [-0.3, -0.25) is 4.79 Å². The highest BCUT2D eigenvalue weighted by atomic mass is 19.4. The molecule has 1 saturated heterocycles. The molecule has 0 bridgehead atoms. The van der Waals surface area contributed by atoms with Crippen molar-refractivity contribution in [1.29, 1.82) is 0 Å². The van der Waals surface area contributed by atoms with E-state index in [0.29, 0.717) is 19.4 Å². The Balaban J connectivity index is 1.75. The van der Waals surface area contributed by atoms with Gasteiger partial charge in [0.15, 0.2) is 0 Å². The van der Waals surface area contributed by atoms with E-state index < -0.39 is 12.1 Å². The zero-order chi connectivity index (χ0) is 13.2. The lowest BCUT2D eigenvalue weighted by Crippen LogP contribution is -2.42. The molecule has 1 amide bonds. The summed E-state index contributed by atoms with van der Waals surface area (Å²) in [4.78, 5) is 11.8. The van der Waals surface area contributed by atoms with Gasteiger partial charge in [0.1, 0.15) is 0 Å². The predicted octanol–water partition coefficient (Wildman–Crippen LogP) is 1.83. The average molecular weight is 264 g/mol. The number of hydrogen-bond acceptors (Lipinski definition) is 2. The Kier molecular flexibility index (Phi) is 4.14. The Labute approximate surface area is 104 Å². The van der Waals surface area contributed by atoms with Crippen molar-refractivity contribution in [1.82, 2.24) is 10.6 Å². The van der Waals surface area contributed by atoms with Crippen LogP contribution in [0.1, 0.15) is 32.1 Å². The maximum Gasteiger partial charge on any atom is 0.391 e. The van der Waals surface area contributed by atoms with Gasteiger partial charge in [-0.2, -0.15) is 13.2 Å². The zero-order valence-corrected chi connectivity index (χ0v) is 10.2. The van der Waals surface area contributed by atoms with Crippen molar-refractivity contribution in [3.63, 3.8) is 0 Å². The van der Waals surface area contributed by atoms with Gasteiger partial charge in [0, 0.05) is 12.6 Å². The van der Waals surface area contributed by atoms with Crippen molar-refractivity contribution in [2.24, 2.45) is 11.8 Å². The van der Waals surface area contributed by atoms with Crippen LogP contribution in [0.2, 0.25) is 0 Å². The van der Waals surface area contributed by atoms with Crippen molar-refractivity contribution in [3.8, 4) is 0 Å². The molecular weight excluding hydrogens is 245 g/mol. The van der Waals surface area contributed by atoms with Crippen molar-refractivity contribution < 1.29 is 18.0 Å². The van der Waals surface area contributed by atoms with Gasteiger partial charge in [0.05, 0.1) is 11.8 Å². The highest BCUT2D eigenvalue weighted by molar-refractivity contribution is 5.79. The number of carbonyl (C=O) groups is 1. The van der Waals surface area contributed by atoms with Crippen LogP contribution < -0.4 is 10.6 Å². The lowest BCUT2D eigenvalue weighted by Gasteiger charge is -2.30. The first kappa shape index (κ1) is 13.6. The molecule has 1 unspecified atom stereocenters. The summed E-state index contributed by atoms with van der Waals surface area (Å²) in [5.41, 5.74) is 0. The first-order chi connectivity index (χ1) is 8.47. The maximum absolute atomic E-state index is 12.5. The Hall–Kier alpha value is -0.780. The SMILES string of the molecule is O=C(NC1CCC(C(F)(F)F)CC1)C1CCNC1. The van der Waals surface area contributed by atoms with Crippen molar-refractivity contribution >= 4 is 5.91 Å². The van der Waals surface area contributed by atoms with Crippen LogP contribution in [0.5, 0.6) is 0 Å². The van der Waals surface area contributed by atoms with Gasteiger partial charge in [-0.15, -0.1) is 0 Å². The summed E-state index contributed by atoms with van der Waals surface area (Å²) in [5.74, 6) is -1.19.